The zero-order valence-electron chi connectivity index (χ0n) is 10.8. The molecule has 0 spiro atoms. The van der Waals surface area contributed by atoms with E-state index in [9.17, 15) is 0 Å². The van der Waals surface area contributed by atoms with Crippen LogP contribution in [0.5, 0.6) is 5.75 Å². The fraction of sp³-hybridized carbons (Fsp3) is 0.267. The van der Waals surface area contributed by atoms with Crippen LogP contribution in [0.4, 0.5) is 0 Å². The van der Waals surface area contributed by atoms with Gasteiger partial charge >= 0.3 is 0 Å². The summed E-state index contributed by atoms with van der Waals surface area (Å²) in [6, 6.07) is 11.9. The molecule has 1 aromatic carbocycles. The first kappa shape index (κ1) is 12.6. The third kappa shape index (κ3) is 2.87. The van der Waals surface area contributed by atoms with Crippen molar-refractivity contribution >= 4 is 0 Å². The molecule has 2 aromatic rings. The van der Waals surface area contributed by atoms with Gasteiger partial charge in [0.2, 0.25) is 0 Å². The van der Waals surface area contributed by atoms with Gasteiger partial charge in [0.25, 0.3) is 0 Å². The van der Waals surface area contributed by atoms with E-state index >= 15 is 0 Å². The smallest absolute Gasteiger partial charge is 0.123 e. The highest BCUT2D eigenvalue weighted by Gasteiger charge is 2.13. The molecule has 1 unspecified atom stereocenters. The summed E-state index contributed by atoms with van der Waals surface area (Å²) >= 11 is 0. The summed E-state index contributed by atoms with van der Waals surface area (Å²) in [5.74, 6) is 0.846. The lowest BCUT2D eigenvalue weighted by Gasteiger charge is -2.16. The van der Waals surface area contributed by atoms with Gasteiger partial charge in [-0.3, -0.25) is 4.98 Å². The quantitative estimate of drug-likeness (QED) is 0.896. The van der Waals surface area contributed by atoms with Gasteiger partial charge in [0, 0.05) is 29.9 Å². The molecule has 0 aliphatic rings. The van der Waals surface area contributed by atoms with Crippen LogP contribution in [-0.2, 0) is 6.42 Å². The van der Waals surface area contributed by atoms with Gasteiger partial charge in [-0.25, -0.2) is 0 Å². The van der Waals surface area contributed by atoms with Crippen molar-refractivity contribution in [3.63, 3.8) is 0 Å². The lowest BCUT2D eigenvalue weighted by molar-refractivity contribution is 0.405. The van der Waals surface area contributed by atoms with E-state index in [-0.39, 0.29) is 6.04 Å². The molecule has 2 N–H and O–H groups in total. The number of nitrogens with zero attached hydrogens (tertiary/aromatic N) is 1. The highest BCUT2D eigenvalue weighted by molar-refractivity contribution is 5.39. The molecule has 1 heterocycles. The van der Waals surface area contributed by atoms with E-state index in [0.717, 1.165) is 17.0 Å². The Labute approximate surface area is 108 Å². The number of rotatable bonds is 4. The summed E-state index contributed by atoms with van der Waals surface area (Å²) in [5.41, 5.74) is 9.42. The topological polar surface area (TPSA) is 48.1 Å². The van der Waals surface area contributed by atoms with Crippen LogP contribution in [-0.4, -0.2) is 12.1 Å². The number of hydrogen-bond acceptors (Lipinski definition) is 3. The second kappa shape index (κ2) is 5.65. The Morgan fingerprint density at radius 2 is 2.11 bits per heavy atom. The van der Waals surface area contributed by atoms with Gasteiger partial charge in [-0.1, -0.05) is 18.2 Å². The van der Waals surface area contributed by atoms with Crippen molar-refractivity contribution in [2.24, 2.45) is 5.73 Å². The molecule has 0 bridgehead atoms. The number of hydrogen-bond donors (Lipinski definition) is 1. The molecule has 0 fully saturated rings. The van der Waals surface area contributed by atoms with Crippen molar-refractivity contribution in [1.82, 2.24) is 4.98 Å². The average Bonchev–Trinajstić information content (AvgIpc) is 2.39. The van der Waals surface area contributed by atoms with Crippen molar-refractivity contribution in [2.75, 3.05) is 7.11 Å². The summed E-state index contributed by atoms with van der Waals surface area (Å²) in [7, 11) is 1.67. The molecule has 18 heavy (non-hydrogen) atoms. The molecular weight excluding hydrogens is 224 g/mol. The van der Waals surface area contributed by atoms with Gasteiger partial charge in [0.1, 0.15) is 5.75 Å². The number of benzene rings is 1. The van der Waals surface area contributed by atoms with Gasteiger partial charge in [-0.05, 0) is 30.7 Å². The van der Waals surface area contributed by atoms with Gasteiger partial charge in [-0.15, -0.1) is 0 Å². The number of nitrogens with two attached hydrogens (primary N) is 1. The minimum Gasteiger partial charge on any atom is -0.496 e. The molecule has 0 radical (unpaired) electrons. The predicted octanol–water partition coefficient (Wildman–Crippen LogP) is 2.64. The standard InChI is InChI=1S/C15H18N2O/c1-11-6-7-13(15(9-11)18-2)14(16)10-12-5-3-4-8-17-12/h3-9,14H,10,16H2,1-2H3. The summed E-state index contributed by atoms with van der Waals surface area (Å²) in [4.78, 5) is 4.30. The number of aromatic nitrogens is 1. The normalized spacial score (nSPS) is 12.2. The summed E-state index contributed by atoms with van der Waals surface area (Å²) in [6.07, 6.45) is 2.49. The lowest BCUT2D eigenvalue weighted by atomic mass is 10.00. The fourth-order valence-corrected chi connectivity index (χ4v) is 1.98. The molecule has 3 heteroatoms. The number of aryl methyl sites for hydroxylation is 1. The summed E-state index contributed by atoms with van der Waals surface area (Å²) < 4.78 is 5.38. The molecular formula is C15H18N2O. The van der Waals surface area contributed by atoms with E-state index in [2.05, 4.69) is 11.1 Å². The molecule has 0 saturated heterocycles. The Balaban J connectivity index is 2.21. The maximum Gasteiger partial charge on any atom is 0.123 e. The molecule has 3 nitrogen and oxygen atoms in total. The van der Waals surface area contributed by atoms with Crippen LogP contribution in [0.1, 0.15) is 22.9 Å². The second-order valence-corrected chi connectivity index (χ2v) is 4.38. The fourth-order valence-electron chi connectivity index (χ4n) is 1.98. The first-order chi connectivity index (χ1) is 8.70. The number of methoxy groups -OCH3 is 1. The molecule has 0 aliphatic heterocycles. The predicted molar refractivity (Wildman–Crippen MR) is 72.6 cm³/mol. The van der Waals surface area contributed by atoms with Crippen LogP contribution in [0.15, 0.2) is 42.6 Å². The van der Waals surface area contributed by atoms with E-state index in [1.54, 1.807) is 13.3 Å². The van der Waals surface area contributed by atoms with E-state index in [1.165, 1.54) is 5.56 Å². The van der Waals surface area contributed by atoms with E-state index in [0.29, 0.717) is 6.42 Å². The molecule has 1 atom stereocenters. The maximum absolute atomic E-state index is 6.23. The first-order valence-electron chi connectivity index (χ1n) is 6.00. The van der Waals surface area contributed by atoms with Crippen LogP contribution in [0.3, 0.4) is 0 Å². The third-order valence-corrected chi connectivity index (χ3v) is 2.94. The van der Waals surface area contributed by atoms with Crippen LogP contribution in [0, 0.1) is 6.92 Å². The highest BCUT2D eigenvalue weighted by Crippen LogP contribution is 2.26. The lowest BCUT2D eigenvalue weighted by Crippen LogP contribution is -2.15. The number of pyridine rings is 1. The van der Waals surface area contributed by atoms with Crippen LogP contribution >= 0.6 is 0 Å². The minimum absolute atomic E-state index is 0.101. The van der Waals surface area contributed by atoms with Crippen molar-refractivity contribution < 1.29 is 4.74 Å². The summed E-state index contributed by atoms with van der Waals surface area (Å²) in [6.45, 7) is 2.04. The molecule has 94 valence electrons. The van der Waals surface area contributed by atoms with Crippen LogP contribution in [0.2, 0.25) is 0 Å². The van der Waals surface area contributed by atoms with Crippen molar-refractivity contribution in [3.05, 3.63) is 59.4 Å². The Morgan fingerprint density at radius 1 is 1.28 bits per heavy atom. The molecule has 0 aliphatic carbocycles. The maximum atomic E-state index is 6.23. The zero-order chi connectivity index (χ0) is 13.0. The zero-order valence-corrected chi connectivity index (χ0v) is 10.8. The minimum atomic E-state index is -0.101. The number of ether oxygens (including phenoxy) is 1. The highest BCUT2D eigenvalue weighted by atomic mass is 16.5. The van der Waals surface area contributed by atoms with Gasteiger partial charge < -0.3 is 10.5 Å². The van der Waals surface area contributed by atoms with E-state index in [4.69, 9.17) is 10.5 Å². The van der Waals surface area contributed by atoms with Crippen LogP contribution in [0.25, 0.3) is 0 Å². The molecule has 0 amide bonds. The van der Waals surface area contributed by atoms with Crippen molar-refractivity contribution in [1.29, 1.82) is 0 Å². The Morgan fingerprint density at radius 3 is 2.78 bits per heavy atom. The Hall–Kier alpha value is -1.87. The SMILES string of the molecule is COc1cc(C)ccc1C(N)Cc1ccccn1. The van der Waals surface area contributed by atoms with Crippen LogP contribution < -0.4 is 10.5 Å². The third-order valence-electron chi connectivity index (χ3n) is 2.94. The van der Waals surface area contributed by atoms with Crippen molar-refractivity contribution in [3.8, 4) is 5.75 Å². The Kier molecular flexibility index (Phi) is 3.95. The Bertz CT molecular complexity index is 511. The largest absolute Gasteiger partial charge is 0.496 e. The van der Waals surface area contributed by atoms with E-state index in [1.807, 2.05) is 37.3 Å². The average molecular weight is 242 g/mol. The molecule has 0 saturated carbocycles. The van der Waals surface area contributed by atoms with Gasteiger partial charge in [0.15, 0.2) is 0 Å². The van der Waals surface area contributed by atoms with E-state index < -0.39 is 0 Å². The summed E-state index contributed by atoms with van der Waals surface area (Å²) in [5, 5.41) is 0. The first-order valence-corrected chi connectivity index (χ1v) is 6.00. The van der Waals surface area contributed by atoms with Crippen molar-refractivity contribution in [2.45, 2.75) is 19.4 Å². The second-order valence-electron chi connectivity index (χ2n) is 4.38. The molecule has 2 rings (SSSR count). The van der Waals surface area contributed by atoms with Gasteiger partial charge in [0.05, 0.1) is 7.11 Å². The molecule has 1 aromatic heterocycles. The van der Waals surface area contributed by atoms with Gasteiger partial charge in [-0.2, -0.15) is 0 Å². The monoisotopic (exact) mass is 242 g/mol.